The summed E-state index contributed by atoms with van der Waals surface area (Å²) in [5.41, 5.74) is 2.95. The highest BCUT2D eigenvalue weighted by molar-refractivity contribution is 5.97. The minimum Gasteiger partial charge on any atom is -0.335 e. The first-order valence-corrected chi connectivity index (χ1v) is 9.68. The Morgan fingerprint density at radius 3 is 2.76 bits per heavy atom. The third-order valence-corrected chi connectivity index (χ3v) is 5.21. The molecule has 0 spiro atoms. The third kappa shape index (κ3) is 4.53. The van der Waals surface area contributed by atoms with Crippen molar-refractivity contribution in [2.75, 3.05) is 16.8 Å². The number of carbonyl (C=O) groups is 2. The van der Waals surface area contributed by atoms with Crippen molar-refractivity contribution in [1.29, 1.82) is 0 Å². The number of rotatable bonds is 5. The van der Waals surface area contributed by atoms with E-state index in [9.17, 15) is 9.59 Å². The van der Waals surface area contributed by atoms with Gasteiger partial charge in [0.25, 0.3) is 0 Å². The Hall–Kier alpha value is -2.04. The van der Waals surface area contributed by atoms with Gasteiger partial charge in [0.15, 0.2) is 0 Å². The summed E-state index contributed by atoms with van der Waals surface area (Å²) in [6, 6.07) is 6.06. The summed E-state index contributed by atoms with van der Waals surface area (Å²) in [6.45, 7) is 2.91. The van der Waals surface area contributed by atoms with Gasteiger partial charge < -0.3 is 15.5 Å². The fraction of sp³-hybridized carbons (Fsp3) is 0.600. The lowest BCUT2D eigenvalue weighted by Gasteiger charge is -2.30. The van der Waals surface area contributed by atoms with Gasteiger partial charge in [-0.05, 0) is 49.4 Å². The molecule has 1 aromatic carbocycles. The zero-order chi connectivity index (χ0) is 17.6. The molecule has 136 valence electrons. The molecule has 0 unspecified atom stereocenters. The number of nitrogens with zero attached hydrogens (tertiary/aromatic N) is 1. The molecule has 2 aliphatic rings. The van der Waals surface area contributed by atoms with Crippen LogP contribution in [0, 0.1) is 0 Å². The summed E-state index contributed by atoms with van der Waals surface area (Å²) in [5.74, 6) is 0.205. The quantitative estimate of drug-likeness (QED) is 0.841. The number of amides is 3. The Morgan fingerprint density at radius 1 is 1.20 bits per heavy atom. The highest BCUT2D eigenvalue weighted by Crippen LogP contribution is 2.30. The molecule has 0 atom stereocenters. The van der Waals surface area contributed by atoms with E-state index >= 15 is 0 Å². The maximum Gasteiger partial charge on any atom is 0.319 e. The summed E-state index contributed by atoms with van der Waals surface area (Å²) < 4.78 is 0. The van der Waals surface area contributed by atoms with Crippen LogP contribution in [-0.4, -0.2) is 24.5 Å². The van der Waals surface area contributed by atoms with Crippen molar-refractivity contribution in [3.8, 4) is 0 Å². The lowest BCUT2D eigenvalue weighted by molar-refractivity contribution is -0.118. The Bertz CT molecular complexity index is 623. The number of anilines is 2. The number of unbranched alkanes of at least 4 members (excludes halogenated alkanes) is 1. The first kappa shape index (κ1) is 17.8. The highest BCUT2D eigenvalue weighted by atomic mass is 16.2. The summed E-state index contributed by atoms with van der Waals surface area (Å²) in [7, 11) is 0. The van der Waals surface area contributed by atoms with E-state index in [2.05, 4.69) is 17.6 Å². The summed E-state index contributed by atoms with van der Waals surface area (Å²) in [5, 5.41) is 6.03. The average molecular weight is 343 g/mol. The van der Waals surface area contributed by atoms with E-state index in [-0.39, 0.29) is 11.9 Å². The van der Waals surface area contributed by atoms with Gasteiger partial charge in [0.1, 0.15) is 0 Å². The fourth-order valence-electron chi connectivity index (χ4n) is 3.80. The average Bonchev–Trinajstić information content (AvgIpc) is 2.62. The molecule has 0 aromatic heterocycles. The first-order chi connectivity index (χ1) is 12.2. The number of urea groups is 1. The van der Waals surface area contributed by atoms with Crippen LogP contribution in [0.3, 0.4) is 0 Å². The van der Waals surface area contributed by atoms with E-state index in [0.717, 1.165) is 55.6 Å². The molecule has 3 rings (SSSR count). The van der Waals surface area contributed by atoms with Crippen LogP contribution < -0.4 is 15.5 Å². The number of benzene rings is 1. The van der Waals surface area contributed by atoms with Crippen LogP contribution in [0.25, 0.3) is 0 Å². The number of carbonyl (C=O) groups excluding carboxylic acids is 2. The molecule has 1 fully saturated rings. The monoisotopic (exact) mass is 343 g/mol. The second-order valence-corrected chi connectivity index (χ2v) is 7.18. The fourth-order valence-corrected chi connectivity index (χ4v) is 3.80. The molecule has 25 heavy (non-hydrogen) atoms. The maximum atomic E-state index is 12.2. The van der Waals surface area contributed by atoms with Gasteiger partial charge in [0, 0.05) is 30.4 Å². The van der Waals surface area contributed by atoms with Crippen LogP contribution in [0.1, 0.15) is 63.9 Å². The molecule has 5 heteroatoms. The lowest BCUT2D eigenvalue weighted by Crippen LogP contribution is -2.39. The van der Waals surface area contributed by atoms with Crippen LogP contribution in [-0.2, 0) is 11.2 Å². The molecule has 1 saturated carbocycles. The van der Waals surface area contributed by atoms with Gasteiger partial charge in [-0.1, -0.05) is 32.6 Å². The van der Waals surface area contributed by atoms with Gasteiger partial charge in [0.05, 0.1) is 0 Å². The predicted octanol–water partition coefficient (Wildman–Crippen LogP) is 4.22. The minimum atomic E-state index is -0.124. The number of aryl methyl sites for hydroxylation is 1. The molecule has 5 nitrogen and oxygen atoms in total. The van der Waals surface area contributed by atoms with Crippen molar-refractivity contribution in [3.63, 3.8) is 0 Å². The third-order valence-electron chi connectivity index (χ3n) is 5.21. The van der Waals surface area contributed by atoms with Crippen molar-refractivity contribution >= 4 is 23.3 Å². The van der Waals surface area contributed by atoms with Crippen LogP contribution in [0.5, 0.6) is 0 Å². The maximum absolute atomic E-state index is 12.2. The van der Waals surface area contributed by atoms with Gasteiger partial charge in [-0.15, -0.1) is 0 Å². The second kappa shape index (κ2) is 8.37. The van der Waals surface area contributed by atoms with Crippen LogP contribution in [0.15, 0.2) is 18.2 Å². The molecule has 0 saturated heterocycles. The number of hydrogen-bond donors (Lipinski definition) is 2. The Labute approximate surface area is 150 Å². The van der Waals surface area contributed by atoms with E-state index in [1.165, 1.54) is 19.3 Å². The van der Waals surface area contributed by atoms with Crippen molar-refractivity contribution in [2.45, 2.75) is 70.8 Å². The Kier molecular flexibility index (Phi) is 5.95. The normalized spacial score (nSPS) is 18.0. The van der Waals surface area contributed by atoms with E-state index in [4.69, 9.17) is 0 Å². The molecule has 2 N–H and O–H groups in total. The molecule has 1 heterocycles. The molecule has 3 amide bonds. The van der Waals surface area contributed by atoms with Crippen LogP contribution in [0.4, 0.5) is 16.2 Å². The number of hydrogen-bond acceptors (Lipinski definition) is 2. The molecule has 1 aliphatic carbocycles. The zero-order valence-corrected chi connectivity index (χ0v) is 15.1. The predicted molar refractivity (Wildman–Crippen MR) is 101 cm³/mol. The van der Waals surface area contributed by atoms with Gasteiger partial charge in [-0.25, -0.2) is 4.79 Å². The Balaban J connectivity index is 1.64. The summed E-state index contributed by atoms with van der Waals surface area (Å²) >= 11 is 0. The van der Waals surface area contributed by atoms with Crippen molar-refractivity contribution in [2.24, 2.45) is 0 Å². The molecule has 0 bridgehead atoms. The Morgan fingerprint density at radius 2 is 2.00 bits per heavy atom. The van der Waals surface area contributed by atoms with Crippen LogP contribution in [0.2, 0.25) is 0 Å². The van der Waals surface area contributed by atoms with E-state index < -0.39 is 0 Å². The molecular weight excluding hydrogens is 314 g/mol. The first-order valence-electron chi connectivity index (χ1n) is 9.68. The van der Waals surface area contributed by atoms with Gasteiger partial charge >= 0.3 is 6.03 Å². The molecular formula is C20H29N3O2. The highest BCUT2D eigenvalue weighted by Gasteiger charge is 2.24. The lowest BCUT2D eigenvalue weighted by atomic mass is 9.96. The van der Waals surface area contributed by atoms with Gasteiger partial charge in [-0.2, -0.15) is 0 Å². The van der Waals surface area contributed by atoms with E-state index in [0.29, 0.717) is 12.5 Å². The SMILES string of the molecule is CCCCN1C(=O)CCc2cc(NC(=O)NC3CCCCC3)ccc21. The topological polar surface area (TPSA) is 61.4 Å². The van der Waals surface area contributed by atoms with Crippen molar-refractivity contribution in [1.82, 2.24) is 5.32 Å². The van der Waals surface area contributed by atoms with Crippen LogP contribution >= 0.6 is 0 Å². The van der Waals surface area contributed by atoms with E-state index in [1.807, 2.05) is 23.1 Å². The summed E-state index contributed by atoms with van der Waals surface area (Å²) in [6.07, 6.45) is 9.20. The van der Waals surface area contributed by atoms with Gasteiger partial charge in [0.2, 0.25) is 5.91 Å². The molecule has 0 radical (unpaired) electrons. The minimum absolute atomic E-state index is 0.124. The zero-order valence-electron chi connectivity index (χ0n) is 15.1. The molecule has 1 aromatic rings. The van der Waals surface area contributed by atoms with E-state index in [1.54, 1.807) is 0 Å². The smallest absolute Gasteiger partial charge is 0.319 e. The van der Waals surface area contributed by atoms with Crippen molar-refractivity contribution in [3.05, 3.63) is 23.8 Å². The van der Waals surface area contributed by atoms with Crippen molar-refractivity contribution < 1.29 is 9.59 Å². The standard InChI is InChI=1S/C20H29N3O2/c1-2-3-13-23-18-11-10-17(14-15(18)9-12-19(23)24)22-20(25)21-16-7-5-4-6-8-16/h10-11,14,16H,2-9,12-13H2,1H3,(H2,21,22,25). The molecule has 1 aliphatic heterocycles. The second-order valence-electron chi connectivity index (χ2n) is 7.18. The number of nitrogens with one attached hydrogen (secondary N) is 2. The van der Waals surface area contributed by atoms with Gasteiger partial charge in [-0.3, -0.25) is 4.79 Å². The largest absolute Gasteiger partial charge is 0.335 e. The number of fused-ring (bicyclic) bond motifs is 1. The summed E-state index contributed by atoms with van der Waals surface area (Å²) in [4.78, 5) is 26.3.